The molecule has 3 aromatic rings. The van der Waals surface area contributed by atoms with Crippen LogP contribution in [0.4, 0.5) is 5.69 Å². The van der Waals surface area contributed by atoms with Crippen LogP contribution in [-0.4, -0.2) is 15.9 Å². The van der Waals surface area contributed by atoms with Crippen LogP contribution in [0.5, 0.6) is 0 Å². The molecule has 0 radical (unpaired) electrons. The molecule has 0 fully saturated rings. The van der Waals surface area contributed by atoms with Gasteiger partial charge in [0.15, 0.2) is 0 Å². The number of fused-ring (bicyclic) bond motifs is 1. The number of hydrogen-bond donors (Lipinski definition) is 2. The molecule has 0 atom stereocenters. The Hall–Kier alpha value is -2.95. The van der Waals surface area contributed by atoms with E-state index in [4.69, 9.17) is 0 Å². The fraction of sp³-hybridized carbons (Fsp3) is 0.348. The number of para-hydroxylation sites is 1. The van der Waals surface area contributed by atoms with Gasteiger partial charge in [-0.3, -0.25) is 9.59 Å². The lowest BCUT2D eigenvalue weighted by atomic mass is 10.1. The van der Waals surface area contributed by atoms with Gasteiger partial charge in [0.05, 0.1) is 10.9 Å². The summed E-state index contributed by atoms with van der Waals surface area (Å²) in [6, 6.07) is 15.3. The number of benzene rings is 2. The summed E-state index contributed by atoms with van der Waals surface area (Å²) < 4.78 is 0. The number of rotatable bonds is 9. The SMILES string of the molecule is CCCCCc1ccc(NC(=O)CCCc2nc3ccccc3c(=O)[nH]2)cc1. The van der Waals surface area contributed by atoms with Gasteiger partial charge in [0.25, 0.3) is 5.56 Å². The maximum atomic E-state index is 12.2. The van der Waals surface area contributed by atoms with Crippen LogP contribution in [-0.2, 0) is 17.6 Å². The fourth-order valence-electron chi connectivity index (χ4n) is 3.23. The van der Waals surface area contributed by atoms with Gasteiger partial charge in [-0.2, -0.15) is 0 Å². The van der Waals surface area contributed by atoms with E-state index in [-0.39, 0.29) is 11.5 Å². The third-order valence-electron chi connectivity index (χ3n) is 4.79. The Labute approximate surface area is 165 Å². The number of nitrogens with zero attached hydrogens (tertiary/aromatic N) is 1. The molecule has 0 saturated carbocycles. The van der Waals surface area contributed by atoms with Crippen molar-refractivity contribution in [1.82, 2.24) is 9.97 Å². The van der Waals surface area contributed by atoms with Crippen LogP contribution < -0.4 is 10.9 Å². The van der Waals surface area contributed by atoms with E-state index < -0.39 is 0 Å². The van der Waals surface area contributed by atoms with E-state index in [0.29, 0.717) is 36.0 Å². The number of anilines is 1. The molecule has 0 aliphatic carbocycles. The monoisotopic (exact) mass is 377 g/mol. The number of aromatic amines is 1. The van der Waals surface area contributed by atoms with E-state index in [0.717, 1.165) is 12.1 Å². The number of carbonyl (C=O) groups is 1. The molecule has 28 heavy (non-hydrogen) atoms. The Morgan fingerprint density at radius 3 is 2.57 bits per heavy atom. The number of aryl methyl sites for hydroxylation is 2. The molecule has 3 rings (SSSR count). The summed E-state index contributed by atoms with van der Waals surface area (Å²) in [5.41, 5.74) is 2.67. The molecule has 0 saturated heterocycles. The topological polar surface area (TPSA) is 74.8 Å². The zero-order valence-electron chi connectivity index (χ0n) is 16.3. The summed E-state index contributed by atoms with van der Waals surface area (Å²) in [4.78, 5) is 31.5. The molecule has 0 aliphatic rings. The fourth-order valence-corrected chi connectivity index (χ4v) is 3.23. The third kappa shape index (κ3) is 5.52. The van der Waals surface area contributed by atoms with Gasteiger partial charge in [-0.05, 0) is 49.1 Å². The predicted octanol–water partition coefficient (Wildman–Crippen LogP) is 4.62. The first-order valence-corrected chi connectivity index (χ1v) is 10.0. The standard InChI is InChI=1S/C23H27N3O2/c1-2-3-4-8-17-13-15-18(16-14-17)24-22(27)12-7-11-21-25-20-10-6-5-9-19(20)23(28)26-21/h5-6,9-10,13-16H,2-4,7-8,11-12H2,1H3,(H,24,27)(H,25,26,28). The lowest BCUT2D eigenvalue weighted by molar-refractivity contribution is -0.116. The van der Waals surface area contributed by atoms with E-state index in [1.807, 2.05) is 30.3 Å². The van der Waals surface area contributed by atoms with Gasteiger partial charge < -0.3 is 10.3 Å². The van der Waals surface area contributed by atoms with Crippen LogP contribution >= 0.6 is 0 Å². The van der Waals surface area contributed by atoms with Crippen molar-refractivity contribution in [2.24, 2.45) is 0 Å². The van der Waals surface area contributed by atoms with Gasteiger partial charge in [0.2, 0.25) is 5.91 Å². The molecule has 0 bridgehead atoms. The Balaban J connectivity index is 1.47. The maximum absolute atomic E-state index is 12.2. The second-order valence-corrected chi connectivity index (χ2v) is 7.09. The zero-order valence-corrected chi connectivity index (χ0v) is 16.3. The zero-order chi connectivity index (χ0) is 19.8. The van der Waals surface area contributed by atoms with Crippen molar-refractivity contribution in [3.05, 3.63) is 70.3 Å². The van der Waals surface area contributed by atoms with Crippen LogP contribution in [0.1, 0.15) is 50.4 Å². The number of carbonyl (C=O) groups excluding carboxylic acids is 1. The number of nitrogens with one attached hydrogen (secondary N) is 2. The van der Waals surface area contributed by atoms with Gasteiger partial charge in [-0.25, -0.2) is 4.98 Å². The molecule has 5 nitrogen and oxygen atoms in total. The van der Waals surface area contributed by atoms with E-state index in [1.54, 1.807) is 6.07 Å². The first-order chi connectivity index (χ1) is 13.7. The molecule has 0 spiro atoms. The van der Waals surface area contributed by atoms with Gasteiger partial charge >= 0.3 is 0 Å². The highest BCUT2D eigenvalue weighted by molar-refractivity contribution is 5.90. The maximum Gasteiger partial charge on any atom is 0.258 e. The van der Waals surface area contributed by atoms with Crippen LogP contribution in [0, 0.1) is 0 Å². The lowest BCUT2D eigenvalue weighted by Crippen LogP contribution is -2.14. The van der Waals surface area contributed by atoms with Crippen LogP contribution in [0.2, 0.25) is 0 Å². The van der Waals surface area contributed by atoms with Crippen molar-refractivity contribution < 1.29 is 4.79 Å². The third-order valence-corrected chi connectivity index (χ3v) is 4.79. The molecular formula is C23H27N3O2. The molecule has 2 N–H and O–H groups in total. The van der Waals surface area contributed by atoms with E-state index >= 15 is 0 Å². The van der Waals surface area contributed by atoms with Crippen molar-refractivity contribution in [2.75, 3.05) is 5.32 Å². The molecule has 2 aromatic carbocycles. The summed E-state index contributed by atoms with van der Waals surface area (Å²) >= 11 is 0. The molecule has 0 unspecified atom stereocenters. The molecule has 1 heterocycles. The molecule has 146 valence electrons. The Kier molecular flexibility index (Phi) is 6.95. The van der Waals surface area contributed by atoms with Crippen LogP contribution in [0.25, 0.3) is 10.9 Å². The normalized spacial score (nSPS) is 10.9. The highest BCUT2D eigenvalue weighted by Crippen LogP contribution is 2.13. The molecule has 1 amide bonds. The lowest BCUT2D eigenvalue weighted by Gasteiger charge is -2.07. The van der Waals surface area contributed by atoms with Crippen LogP contribution in [0.15, 0.2) is 53.3 Å². The second kappa shape index (κ2) is 9.83. The van der Waals surface area contributed by atoms with Crippen molar-refractivity contribution in [1.29, 1.82) is 0 Å². The first-order valence-electron chi connectivity index (χ1n) is 10.0. The number of aromatic nitrogens is 2. The van der Waals surface area contributed by atoms with E-state index in [2.05, 4.69) is 34.3 Å². The van der Waals surface area contributed by atoms with Crippen molar-refractivity contribution in [3.63, 3.8) is 0 Å². The number of amides is 1. The number of hydrogen-bond acceptors (Lipinski definition) is 3. The minimum atomic E-state index is -0.135. The molecule has 5 heteroatoms. The molecule has 1 aromatic heterocycles. The van der Waals surface area contributed by atoms with E-state index in [9.17, 15) is 9.59 Å². The van der Waals surface area contributed by atoms with Gasteiger partial charge in [-0.1, -0.05) is 44.0 Å². The minimum absolute atomic E-state index is 0.0260. The largest absolute Gasteiger partial charge is 0.326 e. The minimum Gasteiger partial charge on any atom is -0.326 e. The Morgan fingerprint density at radius 2 is 1.79 bits per heavy atom. The highest BCUT2D eigenvalue weighted by Gasteiger charge is 2.06. The summed E-state index contributed by atoms with van der Waals surface area (Å²) in [6.45, 7) is 2.20. The summed E-state index contributed by atoms with van der Waals surface area (Å²) in [7, 11) is 0. The van der Waals surface area contributed by atoms with Crippen molar-refractivity contribution >= 4 is 22.5 Å². The predicted molar refractivity (Wildman–Crippen MR) is 114 cm³/mol. The smallest absolute Gasteiger partial charge is 0.258 e. The molecule has 0 aliphatic heterocycles. The summed E-state index contributed by atoms with van der Waals surface area (Å²) in [5.74, 6) is 0.592. The highest BCUT2D eigenvalue weighted by atomic mass is 16.1. The van der Waals surface area contributed by atoms with E-state index in [1.165, 1.54) is 24.8 Å². The Bertz CT molecular complexity index is 977. The number of unbranched alkanes of at least 4 members (excludes halogenated alkanes) is 2. The average molecular weight is 377 g/mol. The number of H-pyrrole nitrogens is 1. The molecular weight excluding hydrogens is 350 g/mol. The van der Waals surface area contributed by atoms with Crippen molar-refractivity contribution in [3.8, 4) is 0 Å². The summed E-state index contributed by atoms with van der Waals surface area (Å²) in [5, 5.41) is 3.52. The first kappa shape index (κ1) is 19.8. The van der Waals surface area contributed by atoms with Crippen LogP contribution in [0.3, 0.4) is 0 Å². The van der Waals surface area contributed by atoms with Gasteiger partial charge in [-0.15, -0.1) is 0 Å². The Morgan fingerprint density at radius 1 is 1.00 bits per heavy atom. The van der Waals surface area contributed by atoms with Gasteiger partial charge in [0.1, 0.15) is 5.82 Å². The summed E-state index contributed by atoms with van der Waals surface area (Å²) in [6.07, 6.45) is 6.32. The van der Waals surface area contributed by atoms with Crippen molar-refractivity contribution in [2.45, 2.75) is 51.9 Å². The average Bonchev–Trinajstić information content (AvgIpc) is 2.70. The quantitative estimate of drug-likeness (QED) is 0.534. The van der Waals surface area contributed by atoms with Gasteiger partial charge in [0, 0.05) is 18.5 Å². The second-order valence-electron chi connectivity index (χ2n) is 7.09.